The van der Waals surface area contributed by atoms with E-state index in [4.69, 9.17) is 4.74 Å². The molecule has 0 aliphatic carbocycles. The predicted octanol–water partition coefficient (Wildman–Crippen LogP) is 3.02. The highest BCUT2D eigenvalue weighted by Crippen LogP contribution is 2.23. The summed E-state index contributed by atoms with van der Waals surface area (Å²) in [4.78, 5) is 10.4. The number of ether oxygens (including phenoxy) is 1. The van der Waals surface area contributed by atoms with Crippen molar-refractivity contribution in [1.82, 2.24) is 9.97 Å². The number of nitrogens with zero attached hydrogens (tertiary/aromatic N) is 3. The van der Waals surface area contributed by atoms with Crippen LogP contribution >= 0.6 is 15.9 Å². The Morgan fingerprint density at radius 3 is 2.63 bits per heavy atom. The molecule has 4 nitrogen and oxygen atoms in total. The fourth-order valence-electron chi connectivity index (χ4n) is 1.60. The van der Waals surface area contributed by atoms with Crippen LogP contribution in [0.1, 0.15) is 5.56 Å². The molecular formula is C13H13BrFN3O. The molecule has 0 spiro atoms. The summed E-state index contributed by atoms with van der Waals surface area (Å²) in [6.45, 7) is 0.588. The molecule has 0 fully saturated rings. The largest absolute Gasteiger partial charge is 0.480 e. The molecule has 0 N–H and O–H groups in total. The normalized spacial score (nSPS) is 10.3. The van der Waals surface area contributed by atoms with Gasteiger partial charge in [0.25, 0.3) is 0 Å². The second-order valence-electron chi connectivity index (χ2n) is 4.01. The summed E-state index contributed by atoms with van der Waals surface area (Å²) in [6, 6.07) is 6.35. The van der Waals surface area contributed by atoms with Crippen molar-refractivity contribution in [2.45, 2.75) is 6.54 Å². The molecule has 0 aliphatic heterocycles. The number of hydrogen-bond acceptors (Lipinski definition) is 4. The van der Waals surface area contributed by atoms with Gasteiger partial charge in [0.05, 0.1) is 17.8 Å². The SMILES string of the molecule is COc1nc(N(C)Cc2ccc(F)cc2)ncc1Br. The molecule has 0 bridgehead atoms. The number of aromatic nitrogens is 2. The number of halogens is 2. The second-order valence-corrected chi connectivity index (χ2v) is 4.86. The fraction of sp³-hybridized carbons (Fsp3) is 0.231. The molecule has 19 heavy (non-hydrogen) atoms. The third-order valence-electron chi connectivity index (χ3n) is 2.57. The van der Waals surface area contributed by atoms with Gasteiger partial charge in [-0.1, -0.05) is 12.1 Å². The molecule has 1 heterocycles. The maximum atomic E-state index is 12.8. The van der Waals surface area contributed by atoms with Gasteiger partial charge in [0.15, 0.2) is 0 Å². The topological polar surface area (TPSA) is 38.2 Å². The molecule has 0 amide bonds. The van der Waals surface area contributed by atoms with Crippen molar-refractivity contribution in [1.29, 1.82) is 0 Å². The first-order valence-corrected chi connectivity index (χ1v) is 6.41. The predicted molar refractivity (Wildman–Crippen MR) is 74.8 cm³/mol. The van der Waals surface area contributed by atoms with Gasteiger partial charge in [0, 0.05) is 13.6 Å². The Bertz CT molecular complexity index is 562. The summed E-state index contributed by atoms with van der Waals surface area (Å²) in [5.74, 6) is 0.785. The molecule has 2 aromatic rings. The van der Waals surface area contributed by atoms with Crippen molar-refractivity contribution in [3.8, 4) is 5.88 Å². The van der Waals surface area contributed by atoms with Crippen LogP contribution in [0.15, 0.2) is 34.9 Å². The quantitative estimate of drug-likeness (QED) is 0.866. The molecule has 0 unspecified atom stereocenters. The molecule has 0 aliphatic rings. The third-order valence-corrected chi connectivity index (χ3v) is 3.11. The standard InChI is InChI=1S/C13H13BrFN3O/c1-18(8-9-3-5-10(15)6-4-9)13-16-7-11(14)12(17-13)19-2/h3-7H,8H2,1-2H3. The molecule has 1 aromatic carbocycles. The number of benzene rings is 1. The van der Waals surface area contributed by atoms with E-state index in [1.165, 1.54) is 12.1 Å². The molecule has 0 atom stereocenters. The molecule has 1 aromatic heterocycles. The van der Waals surface area contributed by atoms with Crippen molar-refractivity contribution in [2.75, 3.05) is 19.1 Å². The van der Waals surface area contributed by atoms with Crippen LogP contribution < -0.4 is 9.64 Å². The minimum absolute atomic E-state index is 0.243. The van der Waals surface area contributed by atoms with Gasteiger partial charge in [-0.15, -0.1) is 0 Å². The highest BCUT2D eigenvalue weighted by atomic mass is 79.9. The fourth-order valence-corrected chi connectivity index (χ4v) is 1.96. The van der Waals surface area contributed by atoms with Crippen LogP contribution in [0.25, 0.3) is 0 Å². The van der Waals surface area contributed by atoms with Gasteiger partial charge in [0.2, 0.25) is 11.8 Å². The van der Waals surface area contributed by atoms with E-state index in [0.717, 1.165) is 5.56 Å². The Morgan fingerprint density at radius 1 is 1.32 bits per heavy atom. The summed E-state index contributed by atoms with van der Waals surface area (Å²) >= 11 is 3.30. The van der Waals surface area contributed by atoms with Crippen molar-refractivity contribution >= 4 is 21.9 Å². The van der Waals surface area contributed by atoms with Crippen LogP contribution in [0.5, 0.6) is 5.88 Å². The second kappa shape index (κ2) is 5.97. The molecule has 2 rings (SSSR count). The lowest BCUT2D eigenvalue weighted by atomic mass is 10.2. The Kier molecular flexibility index (Phi) is 4.31. The lowest BCUT2D eigenvalue weighted by Gasteiger charge is -2.17. The molecular weight excluding hydrogens is 313 g/mol. The van der Waals surface area contributed by atoms with E-state index < -0.39 is 0 Å². The first kappa shape index (κ1) is 13.7. The van der Waals surface area contributed by atoms with Crippen molar-refractivity contribution in [2.24, 2.45) is 0 Å². The Labute approximate surface area is 119 Å². The van der Waals surface area contributed by atoms with E-state index in [0.29, 0.717) is 22.8 Å². The van der Waals surface area contributed by atoms with E-state index in [-0.39, 0.29) is 5.82 Å². The van der Waals surface area contributed by atoms with Gasteiger partial charge in [0.1, 0.15) is 5.82 Å². The Hall–Kier alpha value is -1.69. The number of hydrogen-bond donors (Lipinski definition) is 0. The van der Waals surface area contributed by atoms with E-state index in [1.807, 2.05) is 11.9 Å². The lowest BCUT2D eigenvalue weighted by molar-refractivity contribution is 0.394. The van der Waals surface area contributed by atoms with Gasteiger partial charge in [-0.05, 0) is 33.6 Å². The van der Waals surface area contributed by atoms with Crippen LogP contribution in [0.3, 0.4) is 0 Å². The minimum Gasteiger partial charge on any atom is -0.480 e. The number of anilines is 1. The van der Waals surface area contributed by atoms with Gasteiger partial charge >= 0.3 is 0 Å². The third kappa shape index (κ3) is 3.41. The average Bonchev–Trinajstić information content (AvgIpc) is 2.42. The highest BCUT2D eigenvalue weighted by Gasteiger charge is 2.09. The van der Waals surface area contributed by atoms with Crippen LogP contribution in [-0.4, -0.2) is 24.1 Å². The zero-order valence-electron chi connectivity index (χ0n) is 10.6. The number of rotatable bonds is 4. The van der Waals surface area contributed by atoms with Crippen LogP contribution in [0.2, 0.25) is 0 Å². The smallest absolute Gasteiger partial charge is 0.232 e. The summed E-state index contributed by atoms with van der Waals surface area (Å²) in [6.07, 6.45) is 1.64. The summed E-state index contributed by atoms with van der Waals surface area (Å²) in [7, 11) is 3.42. The van der Waals surface area contributed by atoms with E-state index in [9.17, 15) is 4.39 Å². The minimum atomic E-state index is -0.243. The molecule has 0 saturated carbocycles. The maximum Gasteiger partial charge on any atom is 0.232 e. The highest BCUT2D eigenvalue weighted by molar-refractivity contribution is 9.10. The van der Waals surface area contributed by atoms with E-state index in [2.05, 4.69) is 25.9 Å². The average molecular weight is 326 g/mol. The summed E-state index contributed by atoms with van der Waals surface area (Å²) in [5, 5.41) is 0. The molecule has 0 radical (unpaired) electrons. The van der Waals surface area contributed by atoms with E-state index >= 15 is 0 Å². The van der Waals surface area contributed by atoms with Gasteiger partial charge in [-0.3, -0.25) is 0 Å². The van der Waals surface area contributed by atoms with E-state index in [1.54, 1.807) is 25.4 Å². The van der Waals surface area contributed by atoms with Gasteiger partial charge in [-0.2, -0.15) is 4.98 Å². The monoisotopic (exact) mass is 325 g/mol. The molecule has 0 saturated heterocycles. The lowest BCUT2D eigenvalue weighted by Crippen LogP contribution is -2.19. The van der Waals surface area contributed by atoms with Crippen LogP contribution in [-0.2, 0) is 6.54 Å². The van der Waals surface area contributed by atoms with Crippen molar-refractivity contribution in [3.63, 3.8) is 0 Å². The first-order chi connectivity index (χ1) is 9.10. The first-order valence-electron chi connectivity index (χ1n) is 5.62. The molecule has 6 heteroatoms. The van der Waals surface area contributed by atoms with Crippen LogP contribution in [0, 0.1) is 5.82 Å². The van der Waals surface area contributed by atoms with Gasteiger partial charge < -0.3 is 9.64 Å². The Balaban J connectivity index is 2.15. The molecule has 100 valence electrons. The summed E-state index contributed by atoms with van der Waals surface area (Å²) < 4.78 is 18.7. The van der Waals surface area contributed by atoms with Crippen molar-refractivity contribution < 1.29 is 9.13 Å². The zero-order chi connectivity index (χ0) is 13.8. The number of methoxy groups -OCH3 is 1. The van der Waals surface area contributed by atoms with Crippen molar-refractivity contribution in [3.05, 3.63) is 46.3 Å². The maximum absolute atomic E-state index is 12.8. The Morgan fingerprint density at radius 2 is 2.00 bits per heavy atom. The zero-order valence-corrected chi connectivity index (χ0v) is 12.2. The van der Waals surface area contributed by atoms with Crippen LogP contribution in [0.4, 0.5) is 10.3 Å². The summed E-state index contributed by atoms with van der Waals surface area (Å²) in [5.41, 5.74) is 0.981. The van der Waals surface area contributed by atoms with Gasteiger partial charge in [-0.25, -0.2) is 9.37 Å².